The fourth-order valence-corrected chi connectivity index (χ4v) is 3.49. The Bertz CT molecular complexity index is 900. The number of hydrogen-bond acceptors (Lipinski definition) is 5. The van der Waals surface area contributed by atoms with Crippen molar-refractivity contribution in [2.24, 2.45) is 4.99 Å². The molecule has 0 saturated heterocycles. The van der Waals surface area contributed by atoms with E-state index in [-0.39, 0.29) is 0 Å². The van der Waals surface area contributed by atoms with E-state index in [9.17, 15) is 9.59 Å². The van der Waals surface area contributed by atoms with E-state index < -0.39 is 11.9 Å². The molecule has 0 unspecified atom stereocenters. The average molecular weight is 433 g/mol. The predicted octanol–water partition coefficient (Wildman–Crippen LogP) is 4.03. The van der Waals surface area contributed by atoms with Gasteiger partial charge in [-0.05, 0) is 24.5 Å². The molecule has 1 aliphatic rings. The summed E-state index contributed by atoms with van der Waals surface area (Å²) in [5.74, 6) is -1.55. The fourth-order valence-electron chi connectivity index (χ4n) is 2.74. The quantitative estimate of drug-likeness (QED) is 0.693. The number of aliphatic imine (C=N–C) groups is 1. The summed E-state index contributed by atoms with van der Waals surface area (Å²) < 4.78 is 0. The normalized spacial score (nSPS) is 13.0. The number of halogens is 1. The molecule has 0 amide bonds. The molecule has 0 saturated carbocycles. The molecule has 8 heteroatoms. The van der Waals surface area contributed by atoms with Gasteiger partial charge < -0.3 is 15.1 Å². The largest absolute Gasteiger partial charge is 0.478 e. The highest BCUT2D eigenvalue weighted by atomic mass is 35.5. The Morgan fingerprint density at radius 1 is 1.14 bits per heavy atom. The molecule has 2 aromatic carbocycles. The summed E-state index contributed by atoms with van der Waals surface area (Å²) in [6.45, 7) is 1.74. The molecule has 1 aliphatic heterocycles. The predicted molar refractivity (Wildman–Crippen MR) is 119 cm³/mol. The molecule has 3 rings (SSSR count). The van der Waals surface area contributed by atoms with Crippen molar-refractivity contribution in [2.75, 3.05) is 30.1 Å². The van der Waals surface area contributed by atoms with Crippen molar-refractivity contribution in [2.45, 2.75) is 0 Å². The number of carbonyl (C=O) groups is 2. The maximum atomic E-state index is 9.55. The maximum absolute atomic E-state index is 9.55. The van der Waals surface area contributed by atoms with Crippen LogP contribution in [0.3, 0.4) is 0 Å². The molecule has 2 N–H and O–H groups in total. The standard InChI is InChI=1S/C17H17ClN2S.C4H4O4/c1-21-12-20-10-9-19-17(13-5-3-2-4-6-13)15-11-14(18)7-8-16(15)20;5-3(6)1-2-4(7)8/h2-8,11H,9-10,12H2,1H3;1-2H,(H,5,6)(H,7,8). The van der Waals surface area contributed by atoms with E-state index in [4.69, 9.17) is 26.8 Å². The van der Waals surface area contributed by atoms with Crippen LogP contribution in [0.2, 0.25) is 5.02 Å². The number of rotatable bonds is 5. The smallest absolute Gasteiger partial charge is 0.328 e. The van der Waals surface area contributed by atoms with Crippen molar-refractivity contribution in [3.8, 4) is 0 Å². The first-order valence-corrected chi connectivity index (χ1v) is 10.5. The van der Waals surface area contributed by atoms with Crippen LogP contribution in [0.15, 0.2) is 65.7 Å². The van der Waals surface area contributed by atoms with E-state index in [0.29, 0.717) is 12.2 Å². The summed E-state index contributed by atoms with van der Waals surface area (Å²) in [4.78, 5) is 26.3. The third-order valence-corrected chi connectivity index (χ3v) is 4.70. The lowest BCUT2D eigenvalue weighted by Crippen LogP contribution is -2.25. The molecular weight excluding hydrogens is 412 g/mol. The lowest BCUT2D eigenvalue weighted by Gasteiger charge is -2.24. The third-order valence-electron chi connectivity index (χ3n) is 3.89. The second-order valence-electron chi connectivity index (χ2n) is 5.95. The van der Waals surface area contributed by atoms with Gasteiger partial charge in [0.05, 0.1) is 18.1 Å². The van der Waals surface area contributed by atoms with Gasteiger partial charge in [-0.2, -0.15) is 0 Å². The Balaban J connectivity index is 0.000000321. The van der Waals surface area contributed by atoms with Crippen molar-refractivity contribution in [1.29, 1.82) is 0 Å². The Morgan fingerprint density at radius 2 is 1.79 bits per heavy atom. The zero-order chi connectivity index (χ0) is 21.2. The molecule has 0 spiro atoms. The first kappa shape index (κ1) is 22.5. The Morgan fingerprint density at radius 3 is 2.38 bits per heavy atom. The fraction of sp³-hybridized carbons (Fsp3) is 0.190. The van der Waals surface area contributed by atoms with Gasteiger partial charge >= 0.3 is 11.9 Å². The molecule has 0 aromatic heterocycles. The lowest BCUT2D eigenvalue weighted by molar-refractivity contribution is -0.134. The van der Waals surface area contributed by atoms with Gasteiger partial charge in [-0.15, -0.1) is 11.8 Å². The van der Waals surface area contributed by atoms with Gasteiger partial charge in [-0.25, -0.2) is 9.59 Å². The molecular formula is C21H21ClN2O4S. The monoisotopic (exact) mass is 432 g/mol. The topological polar surface area (TPSA) is 90.2 Å². The minimum Gasteiger partial charge on any atom is -0.478 e. The van der Waals surface area contributed by atoms with Crippen molar-refractivity contribution in [3.63, 3.8) is 0 Å². The van der Waals surface area contributed by atoms with Crippen LogP contribution in [-0.4, -0.2) is 53.1 Å². The molecule has 0 fully saturated rings. The molecule has 0 aliphatic carbocycles. The number of fused-ring (bicyclic) bond motifs is 1. The van der Waals surface area contributed by atoms with Gasteiger partial charge in [0, 0.05) is 40.5 Å². The first-order chi connectivity index (χ1) is 13.9. The molecule has 6 nitrogen and oxygen atoms in total. The second-order valence-corrected chi connectivity index (χ2v) is 7.22. The van der Waals surface area contributed by atoms with Gasteiger partial charge in [0.25, 0.3) is 0 Å². The Kier molecular flexibility index (Phi) is 8.76. The summed E-state index contributed by atoms with van der Waals surface area (Å²) in [6.07, 6.45) is 3.24. The molecule has 0 radical (unpaired) electrons. The van der Waals surface area contributed by atoms with Crippen LogP contribution in [0.5, 0.6) is 0 Å². The van der Waals surface area contributed by atoms with Crippen LogP contribution in [-0.2, 0) is 9.59 Å². The summed E-state index contributed by atoms with van der Waals surface area (Å²) in [7, 11) is 0. The Hall–Kier alpha value is -2.77. The summed E-state index contributed by atoms with van der Waals surface area (Å²) in [5, 5.41) is 16.4. The van der Waals surface area contributed by atoms with Gasteiger partial charge in [-0.1, -0.05) is 41.9 Å². The molecule has 152 valence electrons. The van der Waals surface area contributed by atoms with E-state index in [1.165, 1.54) is 5.69 Å². The third kappa shape index (κ3) is 6.96. The molecule has 29 heavy (non-hydrogen) atoms. The van der Waals surface area contributed by atoms with E-state index in [0.717, 1.165) is 40.8 Å². The van der Waals surface area contributed by atoms with Crippen LogP contribution in [0.25, 0.3) is 0 Å². The number of hydrogen-bond donors (Lipinski definition) is 2. The van der Waals surface area contributed by atoms with Crippen LogP contribution in [0.1, 0.15) is 11.1 Å². The Labute approximate surface area is 178 Å². The lowest BCUT2D eigenvalue weighted by atomic mass is 10.0. The number of benzodiazepines with no additional fused rings is 1. The SMILES string of the molecule is CSCN1CCN=C(c2ccccc2)c2cc(Cl)ccc21.O=C(O)C=CC(=O)O. The molecule has 0 atom stereocenters. The van der Waals surface area contributed by atoms with Gasteiger partial charge in [0.2, 0.25) is 0 Å². The summed E-state index contributed by atoms with van der Waals surface area (Å²) in [6, 6.07) is 16.4. The number of thioether (sulfide) groups is 1. The van der Waals surface area contributed by atoms with Crippen LogP contribution in [0, 0.1) is 0 Å². The molecule has 1 heterocycles. The van der Waals surface area contributed by atoms with E-state index >= 15 is 0 Å². The number of benzene rings is 2. The van der Waals surface area contributed by atoms with Crippen molar-refractivity contribution in [3.05, 3.63) is 76.8 Å². The van der Waals surface area contributed by atoms with Gasteiger partial charge in [-0.3, -0.25) is 4.99 Å². The summed E-state index contributed by atoms with van der Waals surface area (Å²) >= 11 is 8.05. The number of nitrogens with zero attached hydrogens (tertiary/aromatic N) is 2. The maximum Gasteiger partial charge on any atom is 0.328 e. The van der Waals surface area contributed by atoms with Crippen molar-refractivity contribution < 1.29 is 19.8 Å². The van der Waals surface area contributed by atoms with Crippen LogP contribution < -0.4 is 4.90 Å². The number of carboxylic acid groups (broad SMARTS) is 2. The molecule has 0 bridgehead atoms. The zero-order valence-electron chi connectivity index (χ0n) is 15.8. The van der Waals surface area contributed by atoms with Gasteiger partial charge in [0.1, 0.15) is 0 Å². The van der Waals surface area contributed by atoms with Crippen LogP contribution in [0.4, 0.5) is 5.69 Å². The minimum absolute atomic E-state index is 0.558. The number of aliphatic carboxylic acids is 2. The average Bonchev–Trinajstić information content (AvgIpc) is 2.87. The number of anilines is 1. The minimum atomic E-state index is -1.26. The summed E-state index contributed by atoms with van der Waals surface area (Å²) in [5.41, 5.74) is 4.53. The van der Waals surface area contributed by atoms with E-state index in [1.54, 1.807) is 0 Å². The number of carboxylic acids is 2. The van der Waals surface area contributed by atoms with Crippen molar-refractivity contribution in [1.82, 2.24) is 0 Å². The van der Waals surface area contributed by atoms with E-state index in [1.807, 2.05) is 42.1 Å². The second kappa shape index (κ2) is 11.3. The highest BCUT2D eigenvalue weighted by Gasteiger charge is 2.19. The first-order valence-electron chi connectivity index (χ1n) is 8.70. The molecule has 2 aromatic rings. The van der Waals surface area contributed by atoms with Crippen LogP contribution >= 0.6 is 23.4 Å². The van der Waals surface area contributed by atoms with E-state index in [2.05, 4.69) is 29.4 Å². The highest BCUT2D eigenvalue weighted by molar-refractivity contribution is 7.98. The zero-order valence-corrected chi connectivity index (χ0v) is 17.4. The van der Waals surface area contributed by atoms with Crippen molar-refractivity contribution >= 4 is 46.7 Å². The van der Waals surface area contributed by atoms with Gasteiger partial charge in [0.15, 0.2) is 0 Å². The highest BCUT2D eigenvalue weighted by Crippen LogP contribution is 2.29.